The summed E-state index contributed by atoms with van der Waals surface area (Å²) in [5, 5.41) is 2.80. The minimum absolute atomic E-state index is 0.222. The standard InChI is InChI=1S/C20H16F3N5/c1-12-6-14(11-28-10-13(2)26-18(12)28)15-8-24-19(25-9-15)27-17-5-3-4-16(7-17)20(21,22)23/h3-11H,1-2H3,(H,24,25,27). The Labute approximate surface area is 158 Å². The Morgan fingerprint density at radius 1 is 0.964 bits per heavy atom. The lowest BCUT2D eigenvalue weighted by Crippen LogP contribution is -2.05. The fourth-order valence-corrected chi connectivity index (χ4v) is 2.99. The molecule has 0 aliphatic carbocycles. The summed E-state index contributed by atoms with van der Waals surface area (Å²) in [6.07, 6.45) is 2.75. The number of halogens is 3. The van der Waals surface area contributed by atoms with Crippen molar-refractivity contribution in [3.63, 3.8) is 0 Å². The van der Waals surface area contributed by atoms with Crippen molar-refractivity contribution in [2.24, 2.45) is 0 Å². The molecule has 4 rings (SSSR count). The van der Waals surface area contributed by atoms with Crippen LogP contribution in [-0.2, 0) is 6.18 Å². The first-order chi connectivity index (χ1) is 13.3. The third kappa shape index (κ3) is 3.53. The van der Waals surface area contributed by atoms with Gasteiger partial charge in [0.05, 0.1) is 11.3 Å². The van der Waals surface area contributed by atoms with E-state index in [1.54, 1.807) is 12.4 Å². The van der Waals surface area contributed by atoms with E-state index in [1.165, 1.54) is 12.1 Å². The van der Waals surface area contributed by atoms with E-state index in [0.717, 1.165) is 40.2 Å². The van der Waals surface area contributed by atoms with Gasteiger partial charge in [-0.05, 0) is 43.7 Å². The highest BCUT2D eigenvalue weighted by Gasteiger charge is 2.30. The number of nitrogens with one attached hydrogen (secondary N) is 1. The molecule has 142 valence electrons. The second kappa shape index (κ2) is 6.63. The van der Waals surface area contributed by atoms with Crippen molar-refractivity contribution in [3.8, 4) is 11.1 Å². The van der Waals surface area contributed by atoms with Gasteiger partial charge in [0, 0.05) is 41.6 Å². The normalized spacial score (nSPS) is 11.8. The summed E-state index contributed by atoms with van der Waals surface area (Å²) < 4.78 is 40.4. The maximum absolute atomic E-state index is 12.8. The highest BCUT2D eigenvalue weighted by atomic mass is 19.4. The zero-order valence-corrected chi connectivity index (χ0v) is 15.1. The van der Waals surface area contributed by atoms with E-state index in [1.807, 2.05) is 36.7 Å². The fourth-order valence-electron chi connectivity index (χ4n) is 2.99. The SMILES string of the molecule is Cc1cn2cc(-c3cnc(Nc4cccc(C(F)(F)F)c4)nc3)cc(C)c2n1. The van der Waals surface area contributed by atoms with Crippen LogP contribution >= 0.6 is 0 Å². The number of benzene rings is 1. The van der Waals surface area contributed by atoms with Crippen molar-refractivity contribution >= 4 is 17.3 Å². The van der Waals surface area contributed by atoms with Crippen molar-refractivity contribution in [1.29, 1.82) is 0 Å². The van der Waals surface area contributed by atoms with Crippen LogP contribution in [0.5, 0.6) is 0 Å². The lowest BCUT2D eigenvalue weighted by Gasteiger charge is -2.10. The predicted molar refractivity (Wildman–Crippen MR) is 100 cm³/mol. The number of hydrogen-bond acceptors (Lipinski definition) is 4. The van der Waals surface area contributed by atoms with E-state index in [-0.39, 0.29) is 11.6 Å². The fraction of sp³-hybridized carbons (Fsp3) is 0.150. The van der Waals surface area contributed by atoms with Crippen LogP contribution in [0.4, 0.5) is 24.8 Å². The van der Waals surface area contributed by atoms with Gasteiger partial charge in [-0.25, -0.2) is 15.0 Å². The molecule has 3 heterocycles. The second-order valence-electron chi connectivity index (χ2n) is 6.52. The first-order valence-corrected chi connectivity index (χ1v) is 8.52. The molecule has 0 saturated heterocycles. The van der Waals surface area contributed by atoms with E-state index in [0.29, 0.717) is 0 Å². The van der Waals surface area contributed by atoms with Gasteiger partial charge in [0.15, 0.2) is 0 Å². The molecule has 0 spiro atoms. The number of anilines is 2. The van der Waals surface area contributed by atoms with E-state index in [2.05, 4.69) is 20.3 Å². The molecule has 1 N–H and O–H groups in total. The van der Waals surface area contributed by atoms with Crippen molar-refractivity contribution in [2.45, 2.75) is 20.0 Å². The number of nitrogens with zero attached hydrogens (tertiary/aromatic N) is 4. The number of pyridine rings is 1. The van der Waals surface area contributed by atoms with Crippen molar-refractivity contribution in [1.82, 2.24) is 19.4 Å². The first-order valence-electron chi connectivity index (χ1n) is 8.52. The Balaban J connectivity index is 1.59. The van der Waals surface area contributed by atoms with Gasteiger partial charge in [0.2, 0.25) is 5.95 Å². The summed E-state index contributed by atoms with van der Waals surface area (Å²) in [4.78, 5) is 12.9. The monoisotopic (exact) mass is 383 g/mol. The van der Waals surface area contributed by atoms with Gasteiger partial charge >= 0.3 is 6.18 Å². The molecular formula is C20H16F3N5. The Hall–Kier alpha value is -3.42. The summed E-state index contributed by atoms with van der Waals surface area (Å²) >= 11 is 0. The molecule has 0 aliphatic rings. The third-order valence-electron chi connectivity index (χ3n) is 4.29. The van der Waals surface area contributed by atoms with Crippen molar-refractivity contribution < 1.29 is 13.2 Å². The van der Waals surface area contributed by atoms with Crippen LogP contribution in [0.1, 0.15) is 16.8 Å². The van der Waals surface area contributed by atoms with Gasteiger partial charge in [-0.3, -0.25) is 0 Å². The zero-order chi connectivity index (χ0) is 19.9. The average Bonchev–Trinajstić information content (AvgIpc) is 3.03. The Kier molecular flexibility index (Phi) is 4.26. The van der Waals surface area contributed by atoms with Gasteiger partial charge in [-0.15, -0.1) is 0 Å². The highest BCUT2D eigenvalue weighted by molar-refractivity contribution is 5.66. The van der Waals surface area contributed by atoms with Crippen LogP contribution in [0.25, 0.3) is 16.8 Å². The molecule has 0 aliphatic heterocycles. The number of aryl methyl sites for hydroxylation is 2. The van der Waals surface area contributed by atoms with Gasteiger partial charge in [-0.1, -0.05) is 6.07 Å². The summed E-state index contributed by atoms with van der Waals surface area (Å²) in [5.41, 5.74) is 4.11. The molecule has 0 radical (unpaired) electrons. The third-order valence-corrected chi connectivity index (χ3v) is 4.29. The summed E-state index contributed by atoms with van der Waals surface area (Å²) in [6.45, 7) is 3.92. The maximum atomic E-state index is 12.8. The highest BCUT2D eigenvalue weighted by Crippen LogP contribution is 2.31. The lowest BCUT2D eigenvalue weighted by molar-refractivity contribution is -0.137. The number of hydrogen-bond donors (Lipinski definition) is 1. The van der Waals surface area contributed by atoms with Crippen molar-refractivity contribution in [2.75, 3.05) is 5.32 Å². The Morgan fingerprint density at radius 3 is 2.43 bits per heavy atom. The minimum atomic E-state index is -4.40. The molecular weight excluding hydrogens is 367 g/mol. The molecule has 4 aromatic rings. The molecule has 1 aromatic carbocycles. The zero-order valence-electron chi connectivity index (χ0n) is 15.1. The lowest BCUT2D eigenvalue weighted by atomic mass is 10.1. The summed E-state index contributed by atoms with van der Waals surface area (Å²) in [6, 6.07) is 6.91. The largest absolute Gasteiger partial charge is 0.416 e. The molecule has 0 fully saturated rings. The van der Waals surface area contributed by atoms with E-state index < -0.39 is 11.7 Å². The van der Waals surface area contributed by atoms with Crippen LogP contribution in [0.2, 0.25) is 0 Å². The molecule has 0 bridgehead atoms. The van der Waals surface area contributed by atoms with Crippen LogP contribution < -0.4 is 5.32 Å². The topological polar surface area (TPSA) is 55.1 Å². The van der Waals surface area contributed by atoms with Gasteiger partial charge in [0.25, 0.3) is 0 Å². The van der Waals surface area contributed by atoms with Gasteiger partial charge < -0.3 is 9.72 Å². The Bertz CT molecular complexity index is 1150. The molecule has 28 heavy (non-hydrogen) atoms. The number of alkyl halides is 3. The average molecular weight is 383 g/mol. The van der Waals surface area contributed by atoms with E-state index >= 15 is 0 Å². The summed E-state index contributed by atoms with van der Waals surface area (Å²) in [5.74, 6) is 0.222. The number of rotatable bonds is 3. The van der Waals surface area contributed by atoms with Crippen LogP contribution in [0, 0.1) is 13.8 Å². The van der Waals surface area contributed by atoms with Crippen LogP contribution in [0.3, 0.4) is 0 Å². The quantitative estimate of drug-likeness (QED) is 0.530. The molecule has 0 saturated carbocycles. The predicted octanol–water partition coefficient (Wildman–Crippen LogP) is 5.17. The molecule has 5 nitrogen and oxygen atoms in total. The molecule has 0 unspecified atom stereocenters. The number of imidazole rings is 1. The van der Waals surface area contributed by atoms with Gasteiger partial charge in [0.1, 0.15) is 5.65 Å². The Morgan fingerprint density at radius 2 is 1.71 bits per heavy atom. The van der Waals surface area contributed by atoms with Gasteiger partial charge in [-0.2, -0.15) is 13.2 Å². The molecule has 8 heteroatoms. The molecule has 0 atom stereocenters. The smallest absolute Gasteiger partial charge is 0.324 e. The van der Waals surface area contributed by atoms with Crippen molar-refractivity contribution in [3.05, 3.63) is 71.9 Å². The molecule has 3 aromatic heterocycles. The maximum Gasteiger partial charge on any atom is 0.416 e. The van der Waals surface area contributed by atoms with Crippen LogP contribution in [0.15, 0.2) is 55.1 Å². The van der Waals surface area contributed by atoms with E-state index in [9.17, 15) is 13.2 Å². The first kappa shape index (κ1) is 18.0. The number of fused-ring (bicyclic) bond motifs is 1. The van der Waals surface area contributed by atoms with Crippen LogP contribution in [-0.4, -0.2) is 19.4 Å². The van der Waals surface area contributed by atoms with E-state index in [4.69, 9.17) is 0 Å². The minimum Gasteiger partial charge on any atom is -0.324 e. The summed E-state index contributed by atoms with van der Waals surface area (Å²) in [7, 11) is 0. The second-order valence-corrected chi connectivity index (χ2v) is 6.52. The molecule has 0 amide bonds. The number of aromatic nitrogens is 4.